The predicted octanol–water partition coefficient (Wildman–Crippen LogP) is 5.47. The third-order valence-electron chi connectivity index (χ3n) is 4.18. The van der Waals surface area contributed by atoms with Crippen molar-refractivity contribution in [1.29, 1.82) is 0 Å². The van der Waals surface area contributed by atoms with Crippen molar-refractivity contribution in [1.82, 2.24) is 4.98 Å². The van der Waals surface area contributed by atoms with Crippen molar-refractivity contribution < 1.29 is 22.5 Å². The Kier molecular flexibility index (Phi) is 6.14. The highest BCUT2D eigenvalue weighted by molar-refractivity contribution is 9.10. The molecule has 0 amide bonds. The number of halogens is 5. The van der Waals surface area contributed by atoms with Gasteiger partial charge in [0.05, 0.1) is 21.5 Å². The lowest BCUT2D eigenvalue weighted by atomic mass is 10.1. The normalized spacial score (nSPS) is 12.9. The van der Waals surface area contributed by atoms with E-state index in [2.05, 4.69) is 20.9 Å². The van der Waals surface area contributed by atoms with Gasteiger partial charge in [-0.1, -0.05) is 23.7 Å². The highest BCUT2D eigenvalue weighted by Crippen LogP contribution is 2.31. The molecule has 0 spiro atoms. The molecule has 10 heteroatoms. The zero-order chi connectivity index (χ0) is 21.5. The van der Waals surface area contributed by atoms with Crippen LogP contribution in [0.4, 0.5) is 13.2 Å². The Morgan fingerprint density at radius 2 is 1.83 bits per heavy atom. The van der Waals surface area contributed by atoms with Crippen LogP contribution in [0.2, 0.25) is 5.02 Å². The van der Waals surface area contributed by atoms with Gasteiger partial charge in [0.2, 0.25) is 10.5 Å². The van der Waals surface area contributed by atoms with E-state index in [4.69, 9.17) is 11.6 Å². The predicted molar refractivity (Wildman–Crippen MR) is 109 cm³/mol. The van der Waals surface area contributed by atoms with E-state index in [1.165, 1.54) is 25.1 Å². The fourth-order valence-electron chi connectivity index (χ4n) is 2.80. The van der Waals surface area contributed by atoms with Gasteiger partial charge in [-0.3, -0.25) is 9.59 Å². The van der Waals surface area contributed by atoms with Gasteiger partial charge in [0.1, 0.15) is 11.3 Å². The van der Waals surface area contributed by atoms with E-state index < -0.39 is 34.1 Å². The molecular formula is C19H12BrClF3NO3S. The summed E-state index contributed by atoms with van der Waals surface area (Å²) in [6.45, 7) is 1.17. The summed E-state index contributed by atoms with van der Waals surface area (Å²) in [5.41, 5.74) is -1.13. The monoisotopic (exact) mass is 505 g/mol. The molecule has 0 aliphatic rings. The Balaban J connectivity index is 2.08. The molecular weight excluding hydrogens is 495 g/mol. The number of Topliss-reactive ketones (excluding diaryl/α,β-unsaturated/α-hetero) is 1. The number of hydrogen-bond donors (Lipinski definition) is 1. The first-order valence-corrected chi connectivity index (χ1v) is 10.6. The summed E-state index contributed by atoms with van der Waals surface area (Å²) < 4.78 is 51.5. The zero-order valence-electron chi connectivity index (χ0n) is 14.7. The van der Waals surface area contributed by atoms with Crippen LogP contribution in [-0.2, 0) is 23.1 Å². The number of ketones is 1. The molecule has 0 bridgehead atoms. The van der Waals surface area contributed by atoms with Crippen LogP contribution in [0.3, 0.4) is 0 Å². The summed E-state index contributed by atoms with van der Waals surface area (Å²) in [5.74, 6) is -0.780. The van der Waals surface area contributed by atoms with Crippen LogP contribution in [0.1, 0.15) is 28.4 Å². The lowest BCUT2D eigenvalue weighted by molar-refractivity contribution is -0.137. The number of pyridine rings is 1. The van der Waals surface area contributed by atoms with Crippen molar-refractivity contribution in [2.24, 2.45) is 0 Å². The summed E-state index contributed by atoms with van der Waals surface area (Å²) in [6.07, 6.45) is -4.48. The van der Waals surface area contributed by atoms with E-state index in [-0.39, 0.29) is 32.3 Å². The summed E-state index contributed by atoms with van der Waals surface area (Å²) in [4.78, 5) is 27.8. The number of carbonyl (C=O) groups is 1. The van der Waals surface area contributed by atoms with Crippen LogP contribution >= 0.6 is 27.5 Å². The van der Waals surface area contributed by atoms with Gasteiger partial charge in [-0.2, -0.15) is 13.2 Å². The average Bonchev–Trinajstić information content (AvgIpc) is 2.63. The Bertz CT molecular complexity index is 1160. The third-order valence-corrected chi connectivity index (χ3v) is 6.51. The fraction of sp³-hybridized carbons (Fsp3) is 0.158. The SMILES string of the molecule is CC(=O)c1c([S+]([O-])Cc2ccc(C(F)(F)F)cc2)[nH]c2c(Br)ccc(Cl)c2c1=O. The lowest BCUT2D eigenvalue weighted by Crippen LogP contribution is -2.22. The minimum absolute atomic E-state index is 0.0847. The van der Waals surface area contributed by atoms with E-state index in [1.807, 2.05) is 0 Å². The fourth-order valence-corrected chi connectivity index (χ4v) is 4.80. The largest absolute Gasteiger partial charge is 0.610 e. The molecule has 0 aliphatic heterocycles. The first-order chi connectivity index (χ1) is 13.5. The molecule has 1 unspecified atom stereocenters. The maximum Gasteiger partial charge on any atom is 0.416 e. The number of aromatic amines is 1. The summed E-state index contributed by atoms with van der Waals surface area (Å²) in [5, 5.41) is 0.117. The van der Waals surface area contributed by atoms with Gasteiger partial charge < -0.3 is 9.54 Å². The highest BCUT2D eigenvalue weighted by atomic mass is 79.9. The molecule has 2 aromatic carbocycles. The number of nitrogens with one attached hydrogen (secondary N) is 1. The van der Waals surface area contributed by atoms with Crippen molar-refractivity contribution >= 4 is 55.4 Å². The standard InChI is InChI=1S/C19H12BrClF3NO3S/c1-9(26)14-17(27)15-13(21)7-6-12(20)16(15)25-18(14)29(28)8-10-2-4-11(5-3-10)19(22,23)24/h2-7H,8H2,1H3,(H,25,27). The molecule has 29 heavy (non-hydrogen) atoms. The second kappa shape index (κ2) is 8.14. The van der Waals surface area contributed by atoms with Gasteiger partial charge in [-0.15, -0.1) is 0 Å². The Hall–Kier alpha value is -1.81. The van der Waals surface area contributed by atoms with Crippen LogP contribution in [0.15, 0.2) is 50.7 Å². The highest BCUT2D eigenvalue weighted by Gasteiger charge is 2.31. The topological polar surface area (TPSA) is 73.0 Å². The molecule has 0 aliphatic carbocycles. The summed E-state index contributed by atoms with van der Waals surface area (Å²) in [7, 11) is 0. The first-order valence-electron chi connectivity index (χ1n) is 8.10. The van der Waals surface area contributed by atoms with Gasteiger partial charge in [-0.05, 0) is 47.1 Å². The molecule has 1 atom stereocenters. The van der Waals surface area contributed by atoms with E-state index in [0.717, 1.165) is 12.1 Å². The van der Waals surface area contributed by atoms with E-state index in [1.54, 1.807) is 6.07 Å². The number of rotatable bonds is 4. The molecule has 3 aromatic rings. The van der Waals surface area contributed by atoms with Gasteiger partial charge in [0.25, 0.3) is 0 Å². The number of hydrogen-bond acceptors (Lipinski definition) is 3. The first kappa shape index (κ1) is 21.9. The smallest absolute Gasteiger partial charge is 0.416 e. The molecule has 4 nitrogen and oxygen atoms in total. The minimum atomic E-state index is -4.48. The van der Waals surface area contributed by atoms with Crippen molar-refractivity contribution in [3.8, 4) is 0 Å². The van der Waals surface area contributed by atoms with Gasteiger partial charge >= 0.3 is 6.18 Å². The molecule has 0 saturated heterocycles. The van der Waals surface area contributed by atoms with E-state index >= 15 is 0 Å². The number of fused-ring (bicyclic) bond motifs is 1. The maximum absolute atomic E-state index is 12.9. The van der Waals surface area contributed by atoms with Crippen LogP contribution in [0.5, 0.6) is 0 Å². The number of H-pyrrole nitrogens is 1. The number of aromatic nitrogens is 1. The quantitative estimate of drug-likeness (QED) is 0.377. The number of alkyl halides is 3. The Morgan fingerprint density at radius 1 is 1.21 bits per heavy atom. The van der Waals surface area contributed by atoms with E-state index in [0.29, 0.717) is 10.0 Å². The number of carbonyl (C=O) groups excluding carboxylic acids is 1. The van der Waals surface area contributed by atoms with E-state index in [9.17, 15) is 27.3 Å². The molecule has 3 rings (SSSR count). The van der Waals surface area contributed by atoms with Crippen LogP contribution in [0.25, 0.3) is 10.9 Å². The van der Waals surface area contributed by atoms with Crippen LogP contribution in [-0.4, -0.2) is 15.3 Å². The van der Waals surface area contributed by atoms with Crippen molar-refractivity contribution in [2.45, 2.75) is 23.9 Å². The van der Waals surface area contributed by atoms with Crippen molar-refractivity contribution in [2.75, 3.05) is 0 Å². The summed E-state index contributed by atoms with van der Waals surface area (Å²) >= 11 is 7.49. The second-order valence-corrected chi connectivity index (χ2v) is 8.83. The maximum atomic E-state index is 12.9. The summed E-state index contributed by atoms with van der Waals surface area (Å²) in [6, 6.07) is 7.28. The van der Waals surface area contributed by atoms with Crippen LogP contribution in [0, 0.1) is 0 Å². The Morgan fingerprint density at radius 3 is 2.38 bits per heavy atom. The molecule has 0 saturated carbocycles. The van der Waals surface area contributed by atoms with Crippen molar-refractivity contribution in [3.05, 3.63) is 72.8 Å². The molecule has 0 fully saturated rings. The molecule has 1 heterocycles. The van der Waals surface area contributed by atoms with Gasteiger partial charge in [0, 0.05) is 21.2 Å². The second-order valence-electron chi connectivity index (χ2n) is 6.18. The molecule has 152 valence electrons. The third kappa shape index (κ3) is 4.37. The lowest BCUT2D eigenvalue weighted by Gasteiger charge is -2.15. The van der Waals surface area contributed by atoms with Crippen molar-refractivity contribution in [3.63, 3.8) is 0 Å². The molecule has 1 aromatic heterocycles. The Labute approximate surface area is 179 Å². The van der Waals surface area contributed by atoms with Gasteiger partial charge in [0.15, 0.2) is 5.78 Å². The molecule has 1 N–H and O–H groups in total. The zero-order valence-corrected chi connectivity index (χ0v) is 17.9. The average molecular weight is 507 g/mol. The minimum Gasteiger partial charge on any atom is -0.610 e. The molecule has 0 radical (unpaired) electrons. The number of benzene rings is 2. The van der Waals surface area contributed by atoms with Gasteiger partial charge in [-0.25, -0.2) is 0 Å². The van der Waals surface area contributed by atoms with Crippen LogP contribution < -0.4 is 5.43 Å².